The van der Waals surface area contributed by atoms with Gasteiger partial charge in [0.1, 0.15) is 12.2 Å². The van der Waals surface area contributed by atoms with Crippen LogP contribution in [0, 0.1) is 5.92 Å². The highest BCUT2D eigenvalue weighted by Gasteiger charge is 2.54. The van der Waals surface area contributed by atoms with Gasteiger partial charge in [-0.1, -0.05) is 65.1 Å². The second-order valence-electron chi connectivity index (χ2n) is 8.62. The Hall–Kier alpha value is -1.70. The predicted molar refractivity (Wildman–Crippen MR) is 115 cm³/mol. The van der Waals surface area contributed by atoms with Crippen LogP contribution in [0.5, 0.6) is 0 Å². The molecular formula is C21H25Cl3NO6-. The van der Waals surface area contributed by atoms with Crippen LogP contribution in [0.1, 0.15) is 45.6 Å². The maximum absolute atomic E-state index is 12.8. The Labute approximate surface area is 196 Å². The Bertz CT molecular complexity index is 806. The van der Waals surface area contributed by atoms with E-state index in [-0.39, 0.29) is 26.0 Å². The van der Waals surface area contributed by atoms with E-state index >= 15 is 0 Å². The average molecular weight is 494 g/mol. The number of esters is 1. The number of ether oxygens (including phenoxy) is 2. The zero-order chi connectivity index (χ0) is 23.4. The number of alkyl halides is 3. The molecule has 2 rings (SSSR count). The number of halogens is 3. The summed E-state index contributed by atoms with van der Waals surface area (Å²) >= 11 is 17.7. The molecule has 0 saturated carbocycles. The number of carboxylic acids is 1. The number of aliphatic carboxylic acids is 1. The molecule has 31 heavy (non-hydrogen) atoms. The number of hydrogen-bond acceptors (Lipinski definition) is 6. The summed E-state index contributed by atoms with van der Waals surface area (Å²) in [7, 11) is 0. The molecule has 2 atom stereocenters. The Morgan fingerprint density at radius 2 is 1.77 bits per heavy atom. The monoisotopic (exact) mass is 492 g/mol. The van der Waals surface area contributed by atoms with Crippen molar-refractivity contribution < 1.29 is 29.0 Å². The number of benzene rings is 1. The van der Waals surface area contributed by atoms with E-state index in [1.807, 2.05) is 30.3 Å². The van der Waals surface area contributed by atoms with Crippen LogP contribution in [0.4, 0.5) is 4.79 Å². The first-order valence-corrected chi connectivity index (χ1v) is 10.8. The highest BCUT2D eigenvalue weighted by molar-refractivity contribution is 6.67. The summed E-state index contributed by atoms with van der Waals surface area (Å²) in [4.78, 5) is 38.3. The first-order valence-electron chi connectivity index (χ1n) is 9.70. The third-order valence-corrected chi connectivity index (χ3v) is 5.17. The molecule has 7 nitrogen and oxygen atoms in total. The van der Waals surface area contributed by atoms with E-state index in [0.29, 0.717) is 0 Å². The lowest BCUT2D eigenvalue weighted by Crippen LogP contribution is -2.60. The molecule has 0 unspecified atom stereocenters. The summed E-state index contributed by atoms with van der Waals surface area (Å²) < 4.78 is 8.66. The minimum atomic E-state index is -1.97. The van der Waals surface area contributed by atoms with E-state index in [1.165, 1.54) is 0 Å². The molecule has 1 aliphatic heterocycles. The van der Waals surface area contributed by atoms with Crippen molar-refractivity contribution in [2.75, 3.05) is 6.54 Å². The molecule has 1 saturated heterocycles. The average Bonchev–Trinajstić information content (AvgIpc) is 2.97. The minimum absolute atomic E-state index is 0.0793. The maximum Gasteiger partial charge on any atom is 0.411 e. The molecule has 0 bridgehead atoms. The van der Waals surface area contributed by atoms with Gasteiger partial charge in [-0.15, -0.1) is 0 Å². The van der Waals surface area contributed by atoms with E-state index in [0.717, 1.165) is 10.5 Å². The Balaban J connectivity index is 2.18. The van der Waals surface area contributed by atoms with Crippen LogP contribution in [0.2, 0.25) is 0 Å². The number of rotatable bonds is 6. The van der Waals surface area contributed by atoms with Crippen molar-refractivity contribution in [3.63, 3.8) is 0 Å². The van der Waals surface area contributed by atoms with E-state index < -0.39 is 45.3 Å². The normalized spacial score (nSPS) is 21.6. The molecule has 1 aromatic carbocycles. The highest BCUT2D eigenvalue weighted by atomic mass is 35.6. The zero-order valence-electron chi connectivity index (χ0n) is 17.5. The van der Waals surface area contributed by atoms with Crippen molar-refractivity contribution in [1.82, 2.24) is 4.90 Å². The van der Waals surface area contributed by atoms with Crippen molar-refractivity contribution in [3.8, 4) is 0 Å². The van der Waals surface area contributed by atoms with Gasteiger partial charge in [-0.2, -0.15) is 0 Å². The SMILES string of the molecule is CC(C)(C)OC(=O)N1C[C@H](CC(=O)OCc2ccccc2)C[C@]1(CC(Cl)(Cl)Cl)C(=O)[O-]. The van der Waals surface area contributed by atoms with Gasteiger partial charge in [0.25, 0.3) is 0 Å². The number of amides is 1. The third kappa shape index (κ3) is 7.44. The molecule has 1 fully saturated rings. The van der Waals surface area contributed by atoms with Crippen LogP contribution >= 0.6 is 34.8 Å². The molecule has 0 spiro atoms. The molecule has 0 aromatic heterocycles. The maximum atomic E-state index is 12.8. The Morgan fingerprint density at radius 3 is 2.29 bits per heavy atom. The fourth-order valence-electron chi connectivity index (χ4n) is 3.59. The van der Waals surface area contributed by atoms with Crippen LogP contribution in [0.3, 0.4) is 0 Å². The van der Waals surface area contributed by atoms with Gasteiger partial charge in [-0.3, -0.25) is 9.69 Å². The molecule has 0 radical (unpaired) electrons. The number of nitrogens with zero attached hydrogens (tertiary/aromatic N) is 1. The summed E-state index contributed by atoms with van der Waals surface area (Å²) in [6, 6.07) is 9.12. The third-order valence-electron chi connectivity index (χ3n) is 4.77. The Kier molecular flexibility index (Phi) is 8.11. The summed E-state index contributed by atoms with van der Waals surface area (Å²) in [5, 5.41) is 12.2. The number of carboxylic acid groups (broad SMARTS) is 1. The minimum Gasteiger partial charge on any atom is -0.548 e. The summed E-state index contributed by atoms with van der Waals surface area (Å²) in [6.07, 6.45) is -1.64. The molecule has 1 amide bonds. The van der Waals surface area contributed by atoms with Gasteiger partial charge < -0.3 is 19.4 Å². The lowest BCUT2D eigenvalue weighted by Gasteiger charge is -2.41. The highest BCUT2D eigenvalue weighted by Crippen LogP contribution is 2.45. The van der Waals surface area contributed by atoms with Gasteiger partial charge in [-0.25, -0.2) is 4.79 Å². The van der Waals surface area contributed by atoms with Gasteiger partial charge in [0, 0.05) is 13.0 Å². The quantitative estimate of drug-likeness (QED) is 0.443. The second kappa shape index (κ2) is 9.84. The smallest absolute Gasteiger partial charge is 0.411 e. The van der Waals surface area contributed by atoms with E-state index in [2.05, 4.69) is 0 Å². The summed E-state index contributed by atoms with van der Waals surface area (Å²) in [5.41, 5.74) is -1.99. The standard InChI is InChI=1S/C21H26Cl3NO6/c1-19(2,3)31-18(29)25-11-15(10-20(25,17(27)28)13-21(22,23)24)9-16(26)30-12-14-7-5-4-6-8-14/h4-8,15H,9-13H2,1-3H3,(H,27,28)/p-1/t15-,20+/m1/s1. The topological polar surface area (TPSA) is 96.0 Å². The first-order chi connectivity index (χ1) is 14.2. The van der Waals surface area contributed by atoms with Crippen LogP contribution in [0.15, 0.2) is 30.3 Å². The van der Waals surface area contributed by atoms with Gasteiger partial charge >= 0.3 is 12.1 Å². The van der Waals surface area contributed by atoms with E-state index in [1.54, 1.807) is 20.8 Å². The van der Waals surface area contributed by atoms with Crippen molar-refractivity contribution in [2.45, 2.75) is 61.6 Å². The molecule has 1 heterocycles. The molecular weight excluding hydrogens is 469 g/mol. The Morgan fingerprint density at radius 1 is 1.16 bits per heavy atom. The predicted octanol–water partition coefficient (Wildman–Crippen LogP) is 3.63. The molecule has 1 aromatic rings. The van der Waals surface area contributed by atoms with Gasteiger partial charge in [0.2, 0.25) is 0 Å². The lowest BCUT2D eigenvalue weighted by atomic mass is 9.88. The molecule has 10 heteroatoms. The number of carbonyl (C=O) groups is 3. The van der Waals surface area contributed by atoms with Crippen LogP contribution in [-0.2, 0) is 25.7 Å². The molecule has 0 N–H and O–H groups in total. The zero-order valence-corrected chi connectivity index (χ0v) is 19.8. The summed E-state index contributed by atoms with van der Waals surface area (Å²) in [6.45, 7) is 4.95. The molecule has 1 aliphatic rings. The lowest BCUT2D eigenvalue weighted by molar-refractivity contribution is -0.318. The number of likely N-dealkylation sites (tertiary alicyclic amines) is 1. The van der Waals surface area contributed by atoms with Gasteiger partial charge in [-0.05, 0) is 38.7 Å². The van der Waals surface area contributed by atoms with Gasteiger partial charge in [0.05, 0.1) is 17.9 Å². The van der Waals surface area contributed by atoms with Crippen molar-refractivity contribution in [2.24, 2.45) is 5.92 Å². The largest absolute Gasteiger partial charge is 0.548 e. The number of hydrogen-bond donors (Lipinski definition) is 0. The molecule has 0 aliphatic carbocycles. The summed E-state index contributed by atoms with van der Waals surface area (Å²) in [5.74, 6) is -2.65. The van der Waals surface area contributed by atoms with Crippen molar-refractivity contribution >= 4 is 52.8 Å². The van der Waals surface area contributed by atoms with Gasteiger partial charge in [0.15, 0.2) is 3.79 Å². The van der Waals surface area contributed by atoms with Crippen LogP contribution in [0.25, 0.3) is 0 Å². The second-order valence-corrected chi connectivity index (χ2v) is 11.1. The van der Waals surface area contributed by atoms with E-state index in [4.69, 9.17) is 44.3 Å². The fraction of sp³-hybridized carbons (Fsp3) is 0.571. The first kappa shape index (κ1) is 25.6. The fourth-order valence-corrected chi connectivity index (χ4v) is 4.25. The van der Waals surface area contributed by atoms with Crippen molar-refractivity contribution in [3.05, 3.63) is 35.9 Å². The van der Waals surface area contributed by atoms with Crippen LogP contribution < -0.4 is 5.11 Å². The molecule has 172 valence electrons. The van der Waals surface area contributed by atoms with E-state index in [9.17, 15) is 19.5 Å². The van der Waals surface area contributed by atoms with Crippen molar-refractivity contribution in [1.29, 1.82) is 0 Å². The van der Waals surface area contributed by atoms with Crippen LogP contribution in [-0.4, -0.2) is 44.4 Å². The number of carbonyl (C=O) groups excluding carboxylic acids is 3.